The van der Waals surface area contributed by atoms with Crippen LogP contribution in [0.2, 0.25) is 0 Å². The molecule has 4 rings (SSSR count). The van der Waals surface area contributed by atoms with Crippen LogP contribution in [0.1, 0.15) is 19.8 Å². The maximum Gasteiger partial charge on any atom is 0.263 e. The first-order chi connectivity index (χ1) is 16.0. The summed E-state index contributed by atoms with van der Waals surface area (Å²) < 4.78 is 25.7. The van der Waals surface area contributed by atoms with Gasteiger partial charge < -0.3 is 14.8 Å². The molecule has 0 unspecified atom stereocenters. The van der Waals surface area contributed by atoms with Crippen LogP contribution in [0.25, 0.3) is 21.3 Å². The van der Waals surface area contributed by atoms with Crippen LogP contribution in [0.15, 0.2) is 39.6 Å². The van der Waals surface area contributed by atoms with Crippen molar-refractivity contribution in [1.82, 2.24) is 14.9 Å². The minimum atomic E-state index is -0.443. The summed E-state index contributed by atoms with van der Waals surface area (Å²) in [6.45, 7) is 3.66. The number of hydrogen-bond acceptors (Lipinski definition) is 7. The van der Waals surface area contributed by atoms with Crippen LogP contribution in [0.5, 0.6) is 0 Å². The van der Waals surface area contributed by atoms with Crippen LogP contribution >= 0.6 is 23.1 Å². The number of hydrogen-bond donors (Lipinski definition) is 1. The molecule has 0 radical (unpaired) electrons. The molecule has 33 heavy (non-hydrogen) atoms. The zero-order valence-electron chi connectivity index (χ0n) is 18.5. The van der Waals surface area contributed by atoms with E-state index in [2.05, 4.69) is 5.32 Å². The first-order valence-electron chi connectivity index (χ1n) is 10.8. The molecule has 1 fully saturated rings. The zero-order valence-corrected chi connectivity index (χ0v) is 20.1. The first-order valence-corrected chi connectivity index (χ1v) is 12.6. The summed E-state index contributed by atoms with van der Waals surface area (Å²) in [7, 11) is 1.57. The molecule has 0 aliphatic carbocycles. The maximum absolute atomic E-state index is 13.5. The van der Waals surface area contributed by atoms with Gasteiger partial charge in [-0.1, -0.05) is 23.9 Å². The van der Waals surface area contributed by atoms with Gasteiger partial charge in [0, 0.05) is 31.2 Å². The monoisotopic (exact) mass is 491 g/mol. The molecule has 2 atom stereocenters. The Bertz CT molecular complexity index is 1170. The van der Waals surface area contributed by atoms with Crippen molar-refractivity contribution in [3.8, 4) is 11.1 Å². The Hall–Kier alpha value is -2.27. The molecule has 2 aromatic heterocycles. The Balaban J connectivity index is 1.62. The third-order valence-corrected chi connectivity index (χ3v) is 7.47. The summed E-state index contributed by atoms with van der Waals surface area (Å²) in [5, 5.41) is 5.31. The fourth-order valence-corrected chi connectivity index (χ4v) is 5.64. The van der Waals surface area contributed by atoms with Gasteiger partial charge in [0.2, 0.25) is 5.91 Å². The smallest absolute Gasteiger partial charge is 0.263 e. The highest BCUT2D eigenvalue weighted by atomic mass is 32.2. The molecule has 1 saturated heterocycles. The lowest BCUT2D eigenvalue weighted by molar-refractivity contribution is -0.120. The van der Waals surface area contributed by atoms with E-state index in [1.54, 1.807) is 30.7 Å². The first kappa shape index (κ1) is 23.9. The van der Waals surface area contributed by atoms with Crippen molar-refractivity contribution in [2.24, 2.45) is 0 Å². The molecule has 1 aliphatic heterocycles. The van der Waals surface area contributed by atoms with E-state index in [0.717, 1.165) is 30.6 Å². The van der Waals surface area contributed by atoms with Crippen molar-refractivity contribution in [2.45, 2.75) is 42.8 Å². The van der Waals surface area contributed by atoms with E-state index in [1.165, 1.54) is 35.2 Å². The highest BCUT2D eigenvalue weighted by molar-refractivity contribution is 8.00. The molecule has 1 aliphatic rings. The van der Waals surface area contributed by atoms with E-state index in [-0.39, 0.29) is 23.4 Å². The SMILES string of the molecule is COCCn1c(S[C@H](C)C(=O)NC[C@@H]2CCCO2)nc2scc(-c3ccc(F)cc3)c2c1=O. The molecular formula is C23H26FN3O4S2. The Labute approximate surface area is 199 Å². The lowest BCUT2D eigenvalue weighted by Gasteiger charge is -2.17. The van der Waals surface area contributed by atoms with Crippen molar-refractivity contribution < 1.29 is 18.7 Å². The molecular weight excluding hydrogens is 465 g/mol. The third-order valence-electron chi connectivity index (χ3n) is 5.51. The lowest BCUT2D eigenvalue weighted by atomic mass is 10.1. The fraction of sp³-hybridized carbons (Fsp3) is 0.435. The van der Waals surface area contributed by atoms with E-state index >= 15 is 0 Å². The Morgan fingerprint density at radius 2 is 2.21 bits per heavy atom. The minimum Gasteiger partial charge on any atom is -0.383 e. The summed E-state index contributed by atoms with van der Waals surface area (Å²) in [6.07, 6.45) is 2.03. The van der Waals surface area contributed by atoms with Gasteiger partial charge in [-0.05, 0) is 37.5 Å². The molecule has 1 aromatic carbocycles. The molecule has 1 N–H and O–H groups in total. The van der Waals surface area contributed by atoms with Crippen molar-refractivity contribution in [2.75, 3.05) is 26.9 Å². The van der Waals surface area contributed by atoms with Gasteiger partial charge in [0.05, 0.1) is 29.9 Å². The second-order valence-corrected chi connectivity index (χ2v) is 9.99. The van der Waals surface area contributed by atoms with E-state index < -0.39 is 5.25 Å². The van der Waals surface area contributed by atoms with Crippen LogP contribution in [0.4, 0.5) is 4.39 Å². The molecule has 0 bridgehead atoms. The number of methoxy groups -OCH3 is 1. The number of thioether (sulfide) groups is 1. The predicted molar refractivity (Wildman–Crippen MR) is 128 cm³/mol. The Morgan fingerprint density at radius 1 is 1.42 bits per heavy atom. The molecule has 7 nitrogen and oxygen atoms in total. The number of nitrogens with zero attached hydrogens (tertiary/aromatic N) is 2. The number of nitrogens with one attached hydrogen (secondary N) is 1. The van der Waals surface area contributed by atoms with Gasteiger partial charge >= 0.3 is 0 Å². The van der Waals surface area contributed by atoms with Crippen LogP contribution in [0, 0.1) is 5.82 Å². The average Bonchev–Trinajstić information content (AvgIpc) is 3.48. The van der Waals surface area contributed by atoms with Crippen molar-refractivity contribution in [3.63, 3.8) is 0 Å². The fourth-order valence-electron chi connectivity index (χ4n) is 3.69. The second-order valence-electron chi connectivity index (χ2n) is 7.82. The maximum atomic E-state index is 13.5. The number of halogens is 1. The topological polar surface area (TPSA) is 82.4 Å². The van der Waals surface area contributed by atoms with Crippen LogP contribution in [-0.4, -0.2) is 53.7 Å². The van der Waals surface area contributed by atoms with Gasteiger partial charge in [0.1, 0.15) is 10.6 Å². The van der Waals surface area contributed by atoms with Crippen molar-refractivity contribution in [1.29, 1.82) is 0 Å². The summed E-state index contributed by atoms with van der Waals surface area (Å²) in [5.74, 6) is -0.458. The van der Waals surface area contributed by atoms with Gasteiger partial charge in [-0.3, -0.25) is 14.2 Å². The molecule has 0 saturated carbocycles. The Morgan fingerprint density at radius 3 is 2.91 bits per heavy atom. The average molecular weight is 492 g/mol. The second kappa shape index (κ2) is 10.8. The quantitative estimate of drug-likeness (QED) is 0.363. The van der Waals surface area contributed by atoms with Crippen LogP contribution in [0.3, 0.4) is 0 Å². The highest BCUT2D eigenvalue weighted by Crippen LogP contribution is 2.33. The number of carbonyl (C=O) groups excluding carboxylic acids is 1. The van der Waals surface area contributed by atoms with Crippen molar-refractivity contribution in [3.05, 3.63) is 45.8 Å². The summed E-state index contributed by atoms with van der Waals surface area (Å²) >= 11 is 2.60. The molecule has 10 heteroatoms. The number of ether oxygens (including phenoxy) is 2. The van der Waals surface area contributed by atoms with Crippen LogP contribution in [-0.2, 0) is 20.8 Å². The largest absolute Gasteiger partial charge is 0.383 e. The number of rotatable bonds is 9. The van der Waals surface area contributed by atoms with Crippen molar-refractivity contribution >= 4 is 39.2 Å². The predicted octanol–water partition coefficient (Wildman–Crippen LogP) is 3.69. The molecule has 3 aromatic rings. The van der Waals surface area contributed by atoms with Gasteiger partial charge in [-0.15, -0.1) is 11.3 Å². The highest BCUT2D eigenvalue weighted by Gasteiger charge is 2.23. The number of thiophene rings is 1. The molecule has 1 amide bonds. The number of carbonyl (C=O) groups is 1. The Kier molecular flexibility index (Phi) is 7.79. The van der Waals surface area contributed by atoms with Gasteiger partial charge in [0.15, 0.2) is 5.16 Å². The number of fused-ring (bicyclic) bond motifs is 1. The third kappa shape index (κ3) is 5.46. The van der Waals surface area contributed by atoms with Gasteiger partial charge in [0.25, 0.3) is 5.56 Å². The number of amides is 1. The number of aromatic nitrogens is 2. The van der Waals surface area contributed by atoms with E-state index in [0.29, 0.717) is 35.1 Å². The van der Waals surface area contributed by atoms with Gasteiger partial charge in [-0.2, -0.15) is 0 Å². The normalized spacial score (nSPS) is 16.9. The number of benzene rings is 1. The van der Waals surface area contributed by atoms with Gasteiger partial charge in [-0.25, -0.2) is 9.37 Å². The summed E-state index contributed by atoms with van der Waals surface area (Å²) in [4.78, 5) is 31.4. The van der Waals surface area contributed by atoms with E-state index in [1.807, 2.05) is 5.38 Å². The zero-order chi connectivity index (χ0) is 23.4. The van der Waals surface area contributed by atoms with Crippen LogP contribution < -0.4 is 10.9 Å². The standard InChI is InChI=1S/C23H26FN3O4S2/c1-14(20(28)25-12-17-4-3-10-31-17)33-23-26-21-19(22(29)27(23)9-11-30-2)18(13-32-21)15-5-7-16(24)8-6-15/h5-8,13-14,17H,3-4,9-12H2,1-2H3,(H,25,28)/t14-,17+/m1/s1. The molecule has 176 valence electrons. The summed E-state index contributed by atoms with van der Waals surface area (Å²) in [6, 6.07) is 6.05. The van der Waals surface area contributed by atoms with E-state index in [4.69, 9.17) is 14.5 Å². The molecule has 3 heterocycles. The minimum absolute atomic E-state index is 0.0662. The lowest BCUT2D eigenvalue weighted by Crippen LogP contribution is -2.37. The molecule has 0 spiro atoms. The van der Waals surface area contributed by atoms with E-state index in [9.17, 15) is 14.0 Å². The summed E-state index contributed by atoms with van der Waals surface area (Å²) in [5.41, 5.74) is 1.27.